The number of hydrogen-bond acceptors (Lipinski definition) is 3. The van der Waals surface area contributed by atoms with E-state index in [9.17, 15) is 12.8 Å². The Bertz CT molecular complexity index is 742. The molecule has 102 valence electrons. The van der Waals surface area contributed by atoms with Crippen LogP contribution in [0.2, 0.25) is 0 Å². The van der Waals surface area contributed by atoms with Gasteiger partial charge in [0.2, 0.25) is 0 Å². The number of alkyl halides is 1. The van der Waals surface area contributed by atoms with Crippen LogP contribution in [0.3, 0.4) is 0 Å². The average molecular weight is 303 g/mol. The summed E-state index contributed by atoms with van der Waals surface area (Å²) in [4.78, 5) is 4.18. The normalized spacial score (nSPS) is 22.1. The van der Waals surface area contributed by atoms with Crippen LogP contribution >= 0.6 is 11.6 Å². The molecule has 1 fully saturated rings. The molecule has 0 amide bonds. The van der Waals surface area contributed by atoms with Crippen molar-refractivity contribution in [1.29, 1.82) is 0 Å². The molecule has 1 aliphatic heterocycles. The number of para-hydroxylation sites is 1. The second-order valence-corrected chi connectivity index (χ2v) is 7.19. The van der Waals surface area contributed by atoms with Crippen molar-refractivity contribution in [3.63, 3.8) is 0 Å². The zero-order valence-electron chi connectivity index (χ0n) is 10.0. The molecule has 1 atom stereocenters. The molecule has 1 aromatic carbocycles. The third-order valence-corrected chi connectivity index (χ3v) is 5.43. The molecule has 1 unspecified atom stereocenters. The molecule has 1 aromatic heterocycles. The lowest BCUT2D eigenvalue weighted by atomic mass is 10.2. The van der Waals surface area contributed by atoms with Gasteiger partial charge in [0, 0.05) is 0 Å². The fraction of sp³-hybridized carbons (Fsp3) is 0.417. The van der Waals surface area contributed by atoms with Crippen molar-refractivity contribution in [2.24, 2.45) is 0 Å². The van der Waals surface area contributed by atoms with E-state index in [0.29, 0.717) is 17.8 Å². The van der Waals surface area contributed by atoms with E-state index in [1.165, 1.54) is 6.07 Å². The lowest BCUT2D eigenvalue weighted by molar-refractivity contribution is 0.554. The van der Waals surface area contributed by atoms with E-state index in [4.69, 9.17) is 11.6 Å². The number of rotatable bonds is 2. The van der Waals surface area contributed by atoms with Crippen LogP contribution < -0.4 is 0 Å². The summed E-state index contributed by atoms with van der Waals surface area (Å²) in [6.07, 6.45) is 0.522. The maximum atomic E-state index is 13.7. The van der Waals surface area contributed by atoms with Crippen LogP contribution in [-0.4, -0.2) is 29.5 Å². The number of fused-ring (bicyclic) bond motifs is 1. The van der Waals surface area contributed by atoms with Gasteiger partial charge < -0.3 is 4.57 Å². The van der Waals surface area contributed by atoms with Crippen LogP contribution in [0.25, 0.3) is 11.0 Å². The SMILES string of the molecule is O=S1(=O)CCC(n2c(CCl)nc3c(F)cccc32)C1. The molecule has 7 heteroatoms. The van der Waals surface area contributed by atoms with E-state index < -0.39 is 15.7 Å². The molecule has 4 nitrogen and oxygen atoms in total. The molecular formula is C12H12ClFN2O2S. The first-order valence-electron chi connectivity index (χ1n) is 5.93. The molecule has 0 radical (unpaired) electrons. The van der Waals surface area contributed by atoms with Crippen molar-refractivity contribution in [3.8, 4) is 0 Å². The third-order valence-electron chi connectivity index (χ3n) is 3.44. The number of halogens is 2. The number of imidazole rings is 1. The van der Waals surface area contributed by atoms with E-state index in [0.717, 1.165) is 0 Å². The molecule has 0 saturated carbocycles. The van der Waals surface area contributed by atoms with Gasteiger partial charge in [-0.2, -0.15) is 0 Å². The minimum Gasteiger partial charge on any atom is -0.323 e. The lowest BCUT2D eigenvalue weighted by Gasteiger charge is -2.14. The minimum absolute atomic E-state index is 0.0683. The molecule has 1 aliphatic rings. The van der Waals surface area contributed by atoms with Gasteiger partial charge in [0.25, 0.3) is 0 Å². The second-order valence-electron chi connectivity index (χ2n) is 4.70. The van der Waals surface area contributed by atoms with Gasteiger partial charge in [0.1, 0.15) is 11.3 Å². The molecule has 1 saturated heterocycles. The minimum atomic E-state index is -3.01. The topological polar surface area (TPSA) is 52.0 Å². The fourth-order valence-electron chi connectivity index (χ4n) is 2.61. The van der Waals surface area contributed by atoms with Gasteiger partial charge in [0.05, 0.1) is 28.9 Å². The van der Waals surface area contributed by atoms with E-state index in [1.807, 2.05) is 0 Å². The summed E-state index contributed by atoms with van der Waals surface area (Å²) in [5.41, 5.74) is 0.861. The maximum absolute atomic E-state index is 13.7. The van der Waals surface area contributed by atoms with Gasteiger partial charge in [-0.3, -0.25) is 0 Å². The van der Waals surface area contributed by atoms with Crippen LogP contribution in [0, 0.1) is 5.82 Å². The molecule has 0 bridgehead atoms. The Balaban J connectivity index is 2.20. The van der Waals surface area contributed by atoms with Crippen LogP contribution in [-0.2, 0) is 15.7 Å². The van der Waals surface area contributed by atoms with Crippen molar-refractivity contribution < 1.29 is 12.8 Å². The molecule has 19 heavy (non-hydrogen) atoms. The van der Waals surface area contributed by atoms with Crippen LogP contribution in [0.5, 0.6) is 0 Å². The number of benzene rings is 1. The molecule has 2 aromatic rings. The zero-order valence-corrected chi connectivity index (χ0v) is 11.6. The van der Waals surface area contributed by atoms with Gasteiger partial charge in [-0.25, -0.2) is 17.8 Å². The quantitative estimate of drug-likeness (QED) is 0.800. The van der Waals surface area contributed by atoms with Crippen LogP contribution in [0.4, 0.5) is 4.39 Å². The number of sulfone groups is 1. The van der Waals surface area contributed by atoms with E-state index >= 15 is 0 Å². The van der Waals surface area contributed by atoms with Crippen molar-refractivity contribution in [3.05, 3.63) is 29.8 Å². The second kappa shape index (κ2) is 4.45. The summed E-state index contributed by atoms with van der Waals surface area (Å²) >= 11 is 5.85. The first-order chi connectivity index (χ1) is 9.02. The highest BCUT2D eigenvalue weighted by Gasteiger charge is 2.31. The highest BCUT2D eigenvalue weighted by Crippen LogP contribution is 2.30. The predicted molar refractivity (Wildman–Crippen MR) is 71.6 cm³/mol. The Kier molecular flexibility index (Phi) is 3.02. The lowest BCUT2D eigenvalue weighted by Crippen LogP contribution is -2.13. The Labute approximate surface area is 115 Å². The third kappa shape index (κ3) is 2.12. The van der Waals surface area contributed by atoms with Gasteiger partial charge in [-0.15, -0.1) is 11.6 Å². The maximum Gasteiger partial charge on any atom is 0.152 e. The van der Waals surface area contributed by atoms with Crippen LogP contribution in [0.1, 0.15) is 18.3 Å². The predicted octanol–water partition coefficient (Wildman–Crippen LogP) is 2.27. The standard InChI is InChI=1S/C12H12ClFN2O2S/c13-6-11-15-12-9(14)2-1-3-10(12)16(11)8-4-5-19(17,18)7-8/h1-3,8H,4-7H2. The fourth-order valence-corrected chi connectivity index (χ4v) is 4.50. The van der Waals surface area contributed by atoms with E-state index in [-0.39, 0.29) is 28.9 Å². The van der Waals surface area contributed by atoms with E-state index in [1.54, 1.807) is 16.7 Å². The number of hydrogen-bond donors (Lipinski definition) is 0. The highest BCUT2D eigenvalue weighted by molar-refractivity contribution is 7.91. The Morgan fingerprint density at radius 2 is 2.26 bits per heavy atom. The Morgan fingerprint density at radius 1 is 1.47 bits per heavy atom. The Morgan fingerprint density at radius 3 is 2.89 bits per heavy atom. The van der Waals surface area contributed by atoms with Crippen LogP contribution in [0.15, 0.2) is 18.2 Å². The Hall–Kier alpha value is -1.14. The van der Waals surface area contributed by atoms with Gasteiger partial charge in [0.15, 0.2) is 15.7 Å². The smallest absolute Gasteiger partial charge is 0.152 e. The molecule has 3 rings (SSSR count). The summed E-state index contributed by atoms with van der Waals surface area (Å²) in [5, 5.41) is 0. The zero-order chi connectivity index (χ0) is 13.6. The molecular weight excluding hydrogens is 291 g/mol. The van der Waals surface area contributed by atoms with Gasteiger partial charge in [-0.1, -0.05) is 6.07 Å². The van der Waals surface area contributed by atoms with Crippen molar-refractivity contribution >= 4 is 32.5 Å². The van der Waals surface area contributed by atoms with Gasteiger partial charge in [-0.05, 0) is 18.6 Å². The molecule has 0 aliphatic carbocycles. The largest absolute Gasteiger partial charge is 0.323 e. The highest BCUT2D eigenvalue weighted by atomic mass is 35.5. The van der Waals surface area contributed by atoms with E-state index in [2.05, 4.69) is 4.98 Å². The number of nitrogens with zero attached hydrogens (tertiary/aromatic N) is 2. The summed E-state index contributed by atoms with van der Waals surface area (Å²) in [7, 11) is -3.01. The van der Waals surface area contributed by atoms with Gasteiger partial charge >= 0.3 is 0 Å². The monoisotopic (exact) mass is 302 g/mol. The summed E-state index contributed by atoms with van der Waals surface area (Å²) < 4.78 is 38.7. The van der Waals surface area contributed by atoms with Crippen molar-refractivity contribution in [2.75, 3.05) is 11.5 Å². The number of aromatic nitrogens is 2. The molecule has 0 N–H and O–H groups in total. The first kappa shape index (κ1) is 12.9. The summed E-state index contributed by atoms with van der Waals surface area (Å²) in [5.74, 6) is 0.463. The van der Waals surface area contributed by atoms with Crippen molar-refractivity contribution in [1.82, 2.24) is 9.55 Å². The summed E-state index contributed by atoms with van der Waals surface area (Å²) in [6.45, 7) is 0. The van der Waals surface area contributed by atoms with Crippen molar-refractivity contribution in [2.45, 2.75) is 18.3 Å². The summed E-state index contributed by atoms with van der Waals surface area (Å²) in [6, 6.07) is 4.47. The average Bonchev–Trinajstić information content (AvgIpc) is 2.90. The first-order valence-corrected chi connectivity index (χ1v) is 8.29. The molecule has 2 heterocycles. The molecule has 0 spiro atoms.